The molecule has 1 saturated heterocycles. The first-order chi connectivity index (χ1) is 6.25. The summed E-state index contributed by atoms with van der Waals surface area (Å²) in [7, 11) is 0. The van der Waals surface area contributed by atoms with Crippen molar-refractivity contribution < 1.29 is 4.79 Å². The SMILES string of the molecule is O=C1NC(=S)NC1Cc1cccs1. The molecule has 2 N–H and O–H groups in total. The average Bonchev–Trinajstić information content (AvgIpc) is 2.63. The summed E-state index contributed by atoms with van der Waals surface area (Å²) < 4.78 is 0. The van der Waals surface area contributed by atoms with Gasteiger partial charge < -0.3 is 10.6 Å². The topological polar surface area (TPSA) is 41.1 Å². The van der Waals surface area contributed by atoms with Crippen LogP contribution in [0.25, 0.3) is 0 Å². The Morgan fingerprint density at radius 1 is 1.62 bits per heavy atom. The third kappa shape index (κ3) is 1.87. The molecule has 0 saturated carbocycles. The highest BCUT2D eigenvalue weighted by Gasteiger charge is 2.27. The minimum Gasteiger partial charge on any atom is -0.350 e. The Morgan fingerprint density at radius 2 is 2.46 bits per heavy atom. The fraction of sp³-hybridized carbons (Fsp3) is 0.250. The van der Waals surface area contributed by atoms with Gasteiger partial charge in [0.25, 0.3) is 0 Å². The molecule has 13 heavy (non-hydrogen) atoms. The maximum atomic E-state index is 11.3. The number of amides is 1. The Labute approximate surface area is 85.1 Å². The molecule has 3 nitrogen and oxygen atoms in total. The monoisotopic (exact) mass is 212 g/mol. The molecular formula is C8H8N2OS2. The maximum absolute atomic E-state index is 11.3. The van der Waals surface area contributed by atoms with E-state index in [1.807, 2.05) is 17.5 Å². The van der Waals surface area contributed by atoms with Gasteiger partial charge >= 0.3 is 0 Å². The lowest BCUT2D eigenvalue weighted by molar-refractivity contribution is -0.120. The molecule has 1 amide bonds. The number of hydrogen-bond donors (Lipinski definition) is 2. The molecule has 1 aromatic heterocycles. The van der Waals surface area contributed by atoms with Crippen molar-refractivity contribution in [1.82, 2.24) is 10.6 Å². The van der Waals surface area contributed by atoms with Crippen LogP contribution < -0.4 is 10.6 Å². The quantitative estimate of drug-likeness (QED) is 0.708. The fourth-order valence-corrected chi connectivity index (χ4v) is 2.23. The van der Waals surface area contributed by atoms with Crippen LogP contribution in [-0.4, -0.2) is 17.1 Å². The lowest BCUT2D eigenvalue weighted by Crippen LogP contribution is -2.30. The van der Waals surface area contributed by atoms with Gasteiger partial charge in [-0.05, 0) is 23.7 Å². The summed E-state index contributed by atoms with van der Waals surface area (Å²) >= 11 is 6.48. The third-order valence-electron chi connectivity index (χ3n) is 1.84. The highest BCUT2D eigenvalue weighted by atomic mass is 32.1. The summed E-state index contributed by atoms with van der Waals surface area (Å²) in [6.45, 7) is 0. The number of hydrogen-bond acceptors (Lipinski definition) is 3. The molecule has 0 aliphatic carbocycles. The van der Waals surface area contributed by atoms with E-state index in [2.05, 4.69) is 10.6 Å². The van der Waals surface area contributed by atoms with E-state index in [9.17, 15) is 4.79 Å². The van der Waals surface area contributed by atoms with Gasteiger partial charge in [0.2, 0.25) is 5.91 Å². The lowest BCUT2D eigenvalue weighted by Gasteiger charge is -2.04. The highest BCUT2D eigenvalue weighted by Crippen LogP contribution is 2.12. The summed E-state index contributed by atoms with van der Waals surface area (Å²) in [5.74, 6) is -0.0293. The molecule has 0 bridgehead atoms. The van der Waals surface area contributed by atoms with E-state index in [0.717, 1.165) is 0 Å². The van der Waals surface area contributed by atoms with E-state index in [1.165, 1.54) is 4.88 Å². The predicted octanol–water partition coefficient (Wildman–Crippen LogP) is 0.663. The van der Waals surface area contributed by atoms with Gasteiger partial charge in [-0.2, -0.15) is 0 Å². The van der Waals surface area contributed by atoms with Crippen LogP contribution in [0.3, 0.4) is 0 Å². The maximum Gasteiger partial charge on any atom is 0.249 e. The van der Waals surface area contributed by atoms with E-state index >= 15 is 0 Å². The van der Waals surface area contributed by atoms with E-state index in [1.54, 1.807) is 11.3 Å². The summed E-state index contributed by atoms with van der Waals surface area (Å²) in [6, 6.07) is 3.80. The van der Waals surface area contributed by atoms with Crippen molar-refractivity contribution in [2.45, 2.75) is 12.5 Å². The average molecular weight is 212 g/mol. The van der Waals surface area contributed by atoms with Crippen LogP contribution in [0.1, 0.15) is 4.88 Å². The molecular weight excluding hydrogens is 204 g/mol. The number of thiophene rings is 1. The summed E-state index contributed by atoms with van der Waals surface area (Å²) in [5.41, 5.74) is 0. The second-order valence-corrected chi connectivity index (χ2v) is 4.24. The molecule has 2 rings (SSSR count). The number of nitrogens with one attached hydrogen (secondary N) is 2. The van der Waals surface area contributed by atoms with Crippen molar-refractivity contribution >= 4 is 34.6 Å². The van der Waals surface area contributed by atoms with Gasteiger partial charge in [0.05, 0.1) is 0 Å². The largest absolute Gasteiger partial charge is 0.350 e. The number of carbonyl (C=O) groups is 1. The van der Waals surface area contributed by atoms with Crippen molar-refractivity contribution in [1.29, 1.82) is 0 Å². The van der Waals surface area contributed by atoms with Crippen LogP contribution in [-0.2, 0) is 11.2 Å². The number of rotatable bonds is 2. The smallest absolute Gasteiger partial charge is 0.249 e. The summed E-state index contributed by atoms with van der Waals surface area (Å²) in [4.78, 5) is 12.4. The second kappa shape index (κ2) is 3.43. The van der Waals surface area contributed by atoms with Crippen LogP contribution in [0.5, 0.6) is 0 Å². The van der Waals surface area contributed by atoms with E-state index < -0.39 is 0 Å². The molecule has 1 aliphatic heterocycles. The molecule has 2 heterocycles. The van der Waals surface area contributed by atoms with E-state index in [-0.39, 0.29) is 11.9 Å². The van der Waals surface area contributed by atoms with Crippen molar-refractivity contribution in [3.63, 3.8) is 0 Å². The van der Waals surface area contributed by atoms with Gasteiger partial charge in [0.1, 0.15) is 6.04 Å². The van der Waals surface area contributed by atoms with E-state index in [0.29, 0.717) is 11.5 Å². The highest BCUT2D eigenvalue weighted by molar-refractivity contribution is 7.80. The first kappa shape index (κ1) is 8.65. The Kier molecular flexibility index (Phi) is 2.28. The second-order valence-electron chi connectivity index (χ2n) is 2.80. The number of carbonyl (C=O) groups excluding carboxylic acids is 1. The Morgan fingerprint density at radius 3 is 3.00 bits per heavy atom. The molecule has 1 aliphatic rings. The zero-order chi connectivity index (χ0) is 9.26. The van der Waals surface area contributed by atoms with Gasteiger partial charge in [-0.3, -0.25) is 4.79 Å². The van der Waals surface area contributed by atoms with Crippen molar-refractivity contribution in [3.05, 3.63) is 22.4 Å². The summed E-state index contributed by atoms with van der Waals surface area (Å²) in [5, 5.41) is 7.92. The lowest BCUT2D eigenvalue weighted by atomic mass is 10.2. The van der Waals surface area contributed by atoms with Crippen molar-refractivity contribution in [3.8, 4) is 0 Å². The minimum atomic E-state index is -0.189. The van der Waals surface area contributed by atoms with Crippen LogP contribution in [0.4, 0.5) is 0 Å². The van der Waals surface area contributed by atoms with Crippen LogP contribution in [0.2, 0.25) is 0 Å². The predicted molar refractivity (Wildman–Crippen MR) is 55.7 cm³/mol. The molecule has 1 aromatic rings. The van der Waals surface area contributed by atoms with Crippen LogP contribution >= 0.6 is 23.6 Å². The van der Waals surface area contributed by atoms with Gasteiger partial charge in [0, 0.05) is 11.3 Å². The van der Waals surface area contributed by atoms with E-state index in [4.69, 9.17) is 12.2 Å². The Bertz CT molecular complexity index is 334. The standard InChI is InChI=1S/C8H8N2OS2/c11-7-6(9-8(12)10-7)4-5-2-1-3-13-5/h1-3,6H,4H2,(H2,9,10,11,12). The van der Waals surface area contributed by atoms with Crippen molar-refractivity contribution in [2.75, 3.05) is 0 Å². The van der Waals surface area contributed by atoms with Gasteiger partial charge in [-0.25, -0.2) is 0 Å². The van der Waals surface area contributed by atoms with Crippen molar-refractivity contribution in [2.24, 2.45) is 0 Å². The molecule has 0 spiro atoms. The fourth-order valence-electron chi connectivity index (χ4n) is 1.23. The summed E-state index contributed by atoms with van der Waals surface area (Å²) in [6.07, 6.45) is 0.712. The molecule has 0 aromatic carbocycles. The Hall–Kier alpha value is -0.940. The van der Waals surface area contributed by atoms with Crippen LogP contribution in [0.15, 0.2) is 17.5 Å². The third-order valence-corrected chi connectivity index (χ3v) is 2.96. The molecule has 1 fully saturated rings. The first-order valence-corrected chi connectivity index (χ1v) is 5.18. The van der Waals surface area contributed by atoms with Gasteiger partial charge in [-0.15, -0.1) is 11.3 Å². The minimum absolute atomic E-state index is 0.0293. The molecule has 68 valence electrons. The zero-order valence-corrected chi connectivity index (χ0v) is 8.37. The molecule has 1 atom stereocenters. The normalized spacial score (nSPS) is 21.4. The zero-order valence-electron chi connectivity index (χ0n) is 6.74. The van der Waals surface area contributed by atoms with Gasteiger partial charge in [-0.1, -0.05) is 6.07 Å². The first-order valence-electron chi connectivity index (χ1n) is 3.89. The van der Waals surface area contributed by atoms with Crippen LogP contribution in [0, 0.1) is 0 Å². The molecule has 5 heteroatoms. The molecule has 0 radical (unpaired) electrons. The molecule has 1 unspecified atom stereocenters. The Balaban J connectivity index is 2.03. The van der Waals surface area contributed by atoms with Gasteiger partial charge in [0.15, 0.2) is 5.11 Å². The number of thiocarbonyl (C=S) groups is 1.